The van der Waals surface area contributed by atoms with Gasteiger partial charge >= 0.3 is 0 Å². The van der Waals surface area contributed by atoms with E-state index < -0.39 is 0 Å². The highest BCUT2D eigenvalue weighted by atomic mass is 35.5. The van der Waals surface area contributed by atoms with E-state index in [0.29, 0.717) is 6.79 Å². The summed E-state index contributed by atoms with van der Waals surface area (Å²) >= 11 is 6.15. The van der Waals surface area contributed by atoms with Crippen LogP contribution in [-0.4, -0.2) is 20.4 Å². The first-order chi connectivity index (χ1) is 6.81. The molecule has 1 aromatic rings. The molecule has 0 aliphatic carbocycles. The van der Waals surface area contributed by atoms with Crippen LogP contribution in [0.5, 0.6) is 11.5 Å². The fourth-order valence-electron chi connectivity index (χ4n) is 1.41. The lowest BCUT2D eigenvalue weighted by Crippen LogP contribution is -2.12. The van der Waals surface area contributed by atoms with E-state index in [-0.39, 0.29) is 5.38 Å². The highest BCUT2D eigenvalue weighted by molar-refractivity contribution is 6.21. The lowest BCUT2D eigenvalue weighted by Gasteiger charge is -2.09. The standard InChI is InChI=1S/C10H12ClNO2/c1-12-5-8(11)7-2-3-9-10(4-7)14-6-13-9/h2-4,8,12H,5-6H2,1H3. The number of alkyl halides is 1. The van der Waals surface area contributed by atoms with Gasteiger partial charge in [-0.3, -0.25) is 0 Å². The monoisotopic (exact) mass is 213 g/mol. The summed E-state index contributed by atoms with van der Waals surface area (Å²) in [6, 6.07) is 5.78. The zero-order chi connectivity index (χ0) is 9.97. The lowest BCUT2D eigenvalue weighted by atomic mass is 10.1. The molecule has 0 spiro atoms. The Morgan fingerprint density at radius 3 is 3.00 bits per heavy atom. The summed E-state index contributed by atoms with van der Waals surface area (Å²) in [5.74, 6) is 1.58. The molecule has 0 radical (unpaired) electrons. The Hall–Kier alpha value is -0.930. The number of rotatable bonds is 3. The van der Waals surface area contributed by atoms with E-state index in [2.05, 4.69) is 5.32 Å². The molecule has 0 saturated carbocycles. The molecule has 1 aromatic carbocycles. The molecule has 76 valence electrons. The van der Waals surface area contributed by atoms with Crippen molar-refractivity contribution in [2.75, 3.05) is 20.4 Å². The lowest BCUT2D eigenvalue weighted by molar-refractivity contribution is 0.174. The first-order valence-corrected chi connectivity index (χ1v) is 4.93. The SMILES string of the molecule is CNCC(Cl)c1ccc2c(c1)OCO2. The van der Waals surface area contributed by atoms with Gasteiger partial charge in [-0.2, -0.15) is 0 Å². The van der Waals surface area contributed by atoms with Crippen molar-refractivity contribution >= 4 is 11.6 Å². The van der Waals surface area contributed by atoms with Crippen LogP contribution in [0.3, 0.4) is 0 Å². The molecule has 1 aliphatic heterocycles. The summed E-state index contributed by atoms with van der Waals surface area (Å²) < 4.78 is 10.5. The van der Waals surface area contributed by atoms with Gasteiger partial charge < -0.3 is 14.8 Å². The topological polar surface area (TPSA) is 30.5 Å². The Morgan fingerprint density at radius 2 is 2.21 bits per heavy atom. The van der Waals surface area contributed by atoms with Crippen molar-refractivity contribution in [3.05, 3.63) is 23.8 Å². The quantitative estimate of drug-likeness (QED) is 0.779. The minimum absolute atomic E-state index is 0.0329. The summed E-state index contributed by atoms with van der Waals surface area (Å²) in [5, 5.41) is 3.00. The number of fused-ring (bicyclic) bond motifs is 1. The van der Waals surface area contributed by atoms with Crippen LogP contribution in [0.2, 0.25) is 0 Å². The van der Waals surface area contributed by atoms with Crippen LogP contribution in [0.1, 0.15) is 10.9 Å². The summed E-state index contributed by atoms with van der Waals surface area (Å²) in [5.41, 5.74) is 1.05. The maximum atomic E-state index is 6.15. The summed E-state index contributed by atoms with van der Waals surface area (Å²) in [6.45, 7) is 1.04. The van der Waals surface area contributed by atoms with Gasteiger partial charge in [-0.15, -0.1) is 11.6 Å². The van der Waals surface area contributed by atoms with E-state index >= 15 is 0 Å². The van der Waals surface area contributed by atoms with Crippen LogP contribution < -0.4 is 14.8 Å². The molecule has 0 saturated heterocycles. The second-order valence-corrected chi connectivity index (χ2v) is 3.66. The Kier molecular flexibility index (Phi) is 2.79. The van der Waals surface area contributed by atoms with Crippen LogP contribution in [-0.2, 0) is 0 Å². The molecule has 1 aliphatic rings. The van der Waals surface area contributed by atoms with Gasteiger partial charge in [0, 0.05) is 6.54 Å². The van der Waals surface area contributed by atoms with E-state index in [1.54, 1.807) is 0 Å². The predicted octanol–water partition coefficient (Wildman–Crippen LogP) is 1.91. The molecule has 14 heavy (non-hydrogen) atoms. The highest BCUT2D eigenvalue weighted by Crippen LogP contribution is 2.35. The first kappa shape index (κ1) is 9.62. The molecule has 0 fully saturated rings. The molecule has 1 N–H and O–H groups in total. The Bertz CT molecular complexity index is 330. The molecule has 2 rings (SSSR count). The molecule has 1 unspecified atom stereocenters. The predicted molar refractivity (Wildman–Crippen MR) is 55.1 cm³/mol. The second-order valence-electron chi connectivity index (χ2n) is 3.14. The Morgan fingerprint density at radius 1 is 1.43 bits per heavy atom. The van der Waals surface area contributed by atoms with E-state index in [4.69, 9.17) is 21.1 Å². The third-order valence-electron chi connectivity index (χ3n) is 2.14. The number of hydrogen-bond donors (Lipinski definition) is 1. The fraction of sp³-hybridized carbons (Fsp3) is 0.400. The maximum absolute atomic E-state index is 6.15. The van der Waals surface area contributed by atoms with Gasteiger partial charge in [0.25, 0.3) is 0 Å². The van der Waals surface area contributed by atoms with Crippen molar-refractivity contribution in [1.82, 2.24) is 5.32 Å². The highest BCUT2D eigenvalue weighted by Gasteiger charge is 2.15. The minimum atomic E-state index is -0.0329. The number of ether oxygens (including phenoxy) is 2. The molecule has 0 amide bonds. The maximum Gasteiger partial charge on any atom is 0.231 e. The van der Waals surface area contributed by atoms with Gasteiger partial charge in [0.1, 0.15) is 0 Å². The van der Waals surface area contributed by atoms with Gasteiger partial charge in [-0.1, -0.05) is 6.07 Å². The van der Waals surface area contributed by atoms with Crippen molar-refractivity contribution < 1.29 is 9.47 Å². The van der Waals surface area contributed by atoms with Crippen LogP contribution in [0.4, 0.5) is 0 Å². The van der Waals surface area contributed by atoms with Crippen LogP contribution in [0.15, 0.2) is 18.2 Å². The number of halogens is 1. The normalized spacial score (nSPS) is 15.6. The third-order valence-corrected chi connectivity index (χ3v) is 2.55. The molecule has 0 bridgehead atoms. The van der Waals surface area contributed by atoms with Crippen molar-refractivity contribution in [2.45, 2.75) is 5.38 Å². The van der Waals surface area contributed by atoms with E-state index in [1.165, 1.54) is 0 Å². The van der Waals surface area contributed by atoms with Gasteiger partial charge in [0.05, 0.1) is 5.38 Å². The van der Waals surface area contributed by atoms with Crippen molar-refractivity contribution in [2.24, 2.45) is 0 Å². The third kappa shape index (κ3) is 1.79. The molecule has 0 aromatic heterocycles. The fourth-order valence-corrected chi connectivity index (χ4v) is 1.70. The molecule has 3 nitrogen and oxygen atoms in total. The Labute approximate surface area is 88.0 Å². The zero-order valence-corrected chi connectivity index (χ0v) is 8.67. The van der Waals surface area contributed by atoms with Gasteiger partial charge in [0.15, 0.2) is 11.5 Å². The van der Waals surface area contributed by atoms with Crippen LogP contribution in [0.25, 0.3) is 0 Å². The van der Waals surface area contributed by atoms with Crippen LogP contribution >= 0.6 is 11.6 Å². The summed E-state index contributed by atoms with van der Waals surface area (Å²) in [4.78, 5) is 0. The smallest absolute Gasteiger partial charge is 0.231 e. The van der Waals surface area contributed by atoms with E-state index in [9.17, 15) is 0 Å². The van der Waals surface area contributed by atoms with Crippen molar-refractivity contribution in [3.63, 3.8) is 0 Å². The molecule has 1 atom stereocenters. The summed E-state index contributed by atoms with van der Waals surface area (Å²) in [6.07, 6.45) is 0. The number of hydrogen-bond acceptors (Lipinski definition) is 3. The van der Waals surface area contributed by atoms with E-state index in [0.717, 1.165) is 23.6 Å². The average Bonchev–Trinajstić information content (AvgIpc) is 2.64. The molecular formula is C10H12ClNO2. The molecular weight excluding hydrogens is 202 g/mol. The minimum Gasteiger partial charge on any atom is -0.454 e. The Balaban J connectivity index is 2.19. The van der Waals surface area contributed by atoms with E-state index in [1.807, 2.05) is 25.2 Å². The second kappa shape index (κ2) is 4.07. The number of nitrogens with one attached hydrogen (secondary N) is 1. The van der Waals surface area contributed by atoms with Crippen molar-refractivity contribution in [1.29, 1.82) is 0 Å². The number of benzene rings is 1. The number of likely N-dealkylation sites (N-methyl/N-ethyl adjacent to an activating group) is 1. The van der Waals surface area contributed by atoms with Gasteiger partial charge in [-0.25, -0.2) is 0 Å². The van der Waals surface area contributed by atoms with Crippen molar-refractivity contribution in [3.8, 4) is 11.5 Å². The zero-order valence-electron chi connectivity index (χ0n) is 7.92. The summed E-state index contributed by atoms with van der Waals surface area (Å²) in [7, 11) is 1.88. The van der Waals surface area contributed by atoms with Gasteiger partial charge in [0.2, 0.25) is 6.79 Å². The molecule has 1 heterocycles. The van der Waals surface area contributed by atoms with Crippen LogP contribution in [0, 0.1) is 0 Å². The van der Waals surface area contributed by atoms with Gasteiger partial charge in [-0.05, 0) is 24.7 Å². The first-order valence-electron chi connectivity index (χ1n) is 4.49. The molecule has 4 heteroatoms. The average molecular weight is 214 g/mol. The largest absolute Gasteiger partial charge is 0.454 e.